The molecule has 0 fully saturated rings. The Balaban J connectivity index is 1.75. The third kappa shape index (κ3) is 3.40. The van der Waals surface area contributed by atoms with Crippen molar-refractivity contribution in [3.8, 4) is 5.69 Å². The summed E-state index contributed by atoms with van der Waals surface area (Å²) in [7, 11) is 0. The van der Waals surface area contributed by atoms with Crippen LogP contribution >= 0.6 is 11.6 Å². The first kappa shape index (κ1) is 15.2. The van der Waals surface area contributed by atoms with Gasteiger partial charge in [-0.05, 0) is 36.8 Å². The van der Waals surface area contributed by atoms with Crippen molar-refractivity contribution in [2.45, 2.75) is 13.5 Å². The molecule has 0 aliphatic carbocycles. The highest BCUT2D eigenvalue weighted by Crippen LogP contribution is 2.15. The van der Waals surface area contributed by atoms with Crippen molar-refractivity contribution >= 4 is 17.6 Å². The second-order valence-electron chi connectivity index (χ2n) is 4.98. The fourth-order valence-corrected chi connectivity index (χ4v) is 2.39. The molecule has 1 heterocycles. The molecule has 3 rings (SSSR count). The lowest BCUT2D eigenvalue weighted by Crippen LogP contribution is -2.08. The zero-order valence-electron chi connectivity index (χ0n) is 12.4. The predicted octanol–water partition coefficient (Wildman–Crippen LogP) is 3.59. The molecule has 0 saturated carbocycles. The van der Waals surface area contributed by atoms with Crippen LogP contribution in [0.2, 0.25) is 5.02 Å². The van der Waals surface area contributed by atoms with E-state index in [1.807, 2.05) is 42.5 Å². The number of aromatic nitrogens is 3. The Morgan fingerprint density at radius 3 is 2.70 bits per heavy atom. The van der Waals surface area contributed by atoms with Crippen molar-refractivity contribution in [3.05, 3.63) is 76.6 Å². The molecule has 0 amide bonds. The Morgan fingerprint density at radius 1 is 1.17 bits per heavy atom. The fraction of sp³-hybridized carbons (Fsp3) is 0.118. The van der Waals surface area contributed by atoms with Gasteiger partial charge in [-0.25, -0.2) is 9.48 Å². The van der Waals surface area contributed by atoms with Gasteiger partial charge in [0.15, 0.2) is 5.69 Å². The van der Waals surface area contributed by atoms with Gasteiger partial charge in [-0.15, -0.1) is 5.10 Å². The van der Waals surface area contributed by atoms with Gasteiger partial charge < -0.3 is 4.74 Å². The van der Waals surface area contributed by atoms with Crippen molar-refractivity contribution in [2.75, 3.05) is 0 Å². The molecule has 0 aliphatic heterocycles. The monoisotopic (exact) mass is 327 g/mol. The van der Waals surface area contributed by atoms with Gasteiger partial charge in [0.2, 0.25) is 0 Å². The van der Waals surface area contributed by atoms with E-state index in [0.717, 1.165) is 11.3 Å². The van der Waals surface area contributed by atoms with E-state index >= 15 is 0 Å². The number of rotatable bonds is 4. The van der Waals surface area contributed by atoms with E-state index in [4.69, 9.17) is 16.3 Å². The first-order chi connectivity index (χ1) is 11.1. The lowest BCUT2D eigenvalue weighted by Gasteiger charge is -2.05. The van der Waals surface area contributed by atoms with Crippen LogP contribution in [0.1, 0.15) is 21.7 Å². The van der Waals surface area contributed by atoms with Crippen molar-refractivity contribution in [3.63, 3.8) is 0 Å². The van der Waals surface area contributed by atoms with Crippen LogP contribution in [0.25, 0.3) is 5.69 Å². The fourth-order valence-electron chi connectivity index (χ4n) is 2.18. The Morgan fingerprint density at radius 2 is 1.96 bits per heavy atom. The molecule has 5 nitrogen and oxygen atoms in total. The number of para-hydroxylation sites is 1. The van der Waals surface area contributed by atoms with Gasteiger partial charge in [-0.3, -0.25) is 0 Å². The molecule has 6 heteroatoms. The Hall–Kier alpha value is -2.66. The first-order valence-electron chi connectivity index (χ1n) is 7.04. The van der Waals surface area contributed by atoms with E-state index in [-0.39, 0.29) is 12.3 Å². The third-order valence-corrected chi connectivity index (χ3v) is 3.58. The van der Waals surface area contributed by atoms with Crippen LogP contribution < -0.4 is 0 Å². The van der Waals surface area contributed by atoms with Crippen LogP contribution in [0.3, 0.4) is 0 Å². The first-order valence-corrected chi connectivity index (χ1v) is 7.42. The maximum absolute atomic E-state index is 12.2. The lowest BCUT2D eigenvalue weighted by molar-refractivity contribution is 0.0464. The standard InChI is InChI=1S/C17H14ClN3O2/c1-12-16(19-20-21(12)15-8-3-2-4-9-15)17(22)23-11-13-6-5-7-14(18)10-13/h2-10H,11H2,1H3. The Kier molecular flexibility index (Phi) is 4.39. The van der Waals surface area contributed by atoms with E-state index in [2.05, 4.69) is 10.3 Å². The number of ether oxygens (including phenoxy) is 1. The summed E-state index contributed by atoms with van der Waals surface area (Å²) in [5, 5.41) is 8.56. The van der Waals surface area contributed by atoms with Crippen molar-refractivity contribution < 1.29 is 9.53 Å². The summed E-state index contributed by atoms with van der Waals surface area (Å²) in [6.45, 7) is 1.92. The summed E-state index contributed by atoms with van der Waals surface area (Å²) in [5.41, 5.74) is 2.49. The summed E-state index contributed by atoms with van der Waals surface area (Å²) in [4.78, 5) is 12.2. The summed E-state index contributed by atoms with van der Waals surface area (Å²) in [5.74, 6) is -0.510. The van der Waals surface area contributed by atoms with Crippen molar-refractivity contribution in [2.24, 2.45) is 0 Å². The minimum absolute atomic E-state index is 0.136. The molecule has 2 aromatic carbocycles. The Bertz CT molecular complexity index is 831. The van der Waals surface area contributed by atoms with Crippen LogP contribution in [0.4, 0.5) is 0 Å². The van der Waals surface area contributed by atoms with E-state index in [0.29, 0.717) is 10.7 Å². The second kappa shape index (κ2) is 6.62. The number of esters is 1. The van der Waals surface area contributed by atoms with Gasteiger partial charge in [0.25, 0.3) is 0 Å². The highest BCUT2D eigenvalue weighted by Gasteiger charge is 2.18. The summed E-state index contributed by atoms with van der Waals surface area (Å²) in [6.07, 6.45) is 0. The van der Waals surface area contributed by atoms with E-state index in [9.17, 15) is 4.79 Å². The van der Waals surface area contributed by atoms with Gasteiger partial charge in [-0.2, -0.15) is 0 Å². The van der Waals surface area contributed by atoms with E-state index in [1.54, 1.807) is 23.7 Å². The van der Waals surface area contributed by atoms with Gasteiger partial charge in [0.1, 0.15) is 6.61 Å². The van der Waals surface area contributed by atoms with Gasteiger partial charge >= 0.3 is 5.97 Å². The SMILES string of the molecule is Cc1c(C(=O)OCc2cccc(Cl)c2)nnn1-c1ccccc1. The van der Waals surface area contributed by atoms with Gasteiger partial charge in [0.05, 0.1) is 11.4 Å². The predicted molar refractivity (Wildman–Crippen MR) is 86.7 cm³/mol. The molecule has 23 heavy (non-hydrogen) atoms. The molecule has 0 bridgehead atoms. The molecule has 116 valence electrons. The topological polar surface area (TPSA) is 57.0 Å². The maximum atomic E-state index is 12.2. The summed E-state index contributed by atoms with van der Waals surface area (Å²) in [6, 6.07) is 16.7. The molecular formula is C17H14ClN3O2. The van der Waals surface area contributed by atoms with Crippen LogP contribution in [-0.2, 0) is 11.3 Å². The number of carbonyl (C=O) groups excluding carboxylic acids is 1. The normalized spacial score (nSPS) is 10.5. The van der Waals surface area contributed by atoms with Crippen LogP contribution in [-0.4, -0.2) is 21.0 Å². The molecule has 0 saturated heterocycles. The molecule has 0 unspecified atom stereocenters. The number of nitrogens with zero attached hydrogens (tertiary/aromatic N) is 3. The smallest absolute Gasteiger partial charge is 0.361 e. The lowest BCUT2D eigenvalue weighted by atomic mass is 10.2. The minimum Gasteiger partial charge on any atom is -0.456 e. The second-order valence-corrected chi connectivity index (χ2v) is 5.41. The summed E-state index contributed by atoms with van der Waals surface area (Å²) < 4.78 is 6.89. The van der Waals surface area contributed by atoms with Gasteiger partial charge in [-0.1, -0.05) is 47.1 Å². The number of carbonyl (C=O) groups is 1. The van der Waals surface area contributed by atoms with Crippen LogP contribution in [0.15, 0.2) is 54.6 Å². The van der Waals surface area contributed by atoms with Crippen molar-refractivity contribution in [1.29, 1.82) is 0 Å². The van der Waals surface area contributed by atoms with E-state index < -0.39 is 5.97 Å². The number of halogens is 1. The maximum Gasteiger partial charge on any atom is 0.361 e. The average Bonchev–Trinajstić information content (AvgIpc) is 2.95. The van der Waals surface area contributed by atoms with Crippen LogP contribution in [0, 0.1) is 6.92 Å². The highest BCUT2D eigenvalue weighted by atomic mass is 35.5. The molecule has 0 N–H and O–H groups in total. The molecule has 0 spiro atoms. The highest BCUT2D eigenvalue weighted by molar-refractivity contribution is 6.30. The number of hydrogen-bond acceptors (Lipinski definition) is 4. The summed E-state index contributed by atoms with van der Waals surface area (Å²) >= 11 is 5.91. The molecule has 3 aromatic rings. The molecule has 0 aliphatic rings. The molecule has 1 aromatic heterocycles. The van der Waals surface area contributed by atoms with Gasteiger partial charge in [0, 0.05) is 5.02 Å². The Labute approximate surface area is 138 Å². The van der Waals surface area contributed by atoms with E-state index in [1.165, 1.54) is 0 Å². The number of hydrogen-bond donors (Lipinski definition) is 0. The third-order valence-electron chi connectivity index (χ3n) is 3.35. The molecule has 0 atom stereocenters. The minimum atomic E-state index is -0.510. The zero-order chi connectivity index (χ0) is 16.2. The number of benzene rings is 2. The van der Waals surface area contributed by atoms with Crippen molar-refractivity contribution in [1.82, 2.24) is 15.0 Å². The average molecular weight is 328 g/mol. The molecule has 0 radical (unpaired) electrons. The van der Waals surface area contributed by atoms with Crippen LogP contribution in [0.5, 0.6) is 0 Å². The zero-order valence-corrected chi connectivity index (χ0v) is 13.2. The quantitative estimate of drug-likeness (QED) is 0.687. The molecular weight excluding hydrogens is 314 g/mol. The largest absolute Gasteiger partial charge is 0.456 e.